The highest BCUT2D eigenvalue weighted by Crippen LogP contribution is 2.65. The van der Waals surface area contributed by atoms with Gasteiger partial charge in [-0.1, -0.05) is 20.3 Å². The molecule has 2 nitrogen and oxygen atoms in total. The third-order valence-electron chi connectivity index (χ3n) is 8.03. The third kappa shape index (κ3) is 1.75. The van der Waals surface area contributed by atoms with Crippen LogP contribution in [0.15, 0.2) is 11.3 Å². The summed E-state index contributed by atoms with van der Waals surface area (Å²) < 4.78 is 14.2. The van der Waals surface area contributed by atoms with Crippen LogP contribution in [0.4, 0.5) is 4.39 Å². The zero-order valence-electron chi connectivity index (χ0n) is 13.8. The zero-order valence-corrected chi connectivity index (χ0v) is 13.8. The monoisotopic (exact) mass is 308 g/mol. The topological polar surface area (TPSA) is 40.5 Å². The number of allylic oxidation sites excluding steroid dienone is 2. The second-order valence-corrected chi connectivity index (χ2v) is 8.87. The van der Waals surface area contributed by atoms with E-state index < -0.39 is 12.3 Å². The lowest BCUT2D eigenvalue weighted by atomic mass is 9.48. The molecular formula is C19H29FO2. The summed E-state index contributed by atoms with van der Waals surface area (Å²) >= 11 is 0. The Morgan fingerprint density at radius 2 is 1.91 bits per heavy atom. The van der Waals surface area contributed by atoms with Crippen molar-refractivity contribution in [1.82, 2.24) is 0 Å². The lowest BCUT2D eigenvalue weighted by Gasteiger charge is -2.57. The largest absolute Gasteiger partial charge is 0.512 e. The standard InChI is InChI=1S/C19H29FO2/c1-18-7-4-3-5-13(18)16(21)9-11-12(18)6-8-19(2)14(11)10-15(20)17(19)22/h11-12,14-15,17,21-22H,3-10H2,1-2H3/t11-,12-,14+,15?,17?,18-,19+/m1/s1. The Morgan fingerprint density at radius 3 is 2.68 bits per heavy atom. The van der Waals surface area contributed by atoms with Crippen molar-refractivity contribution in [3.05, 3.63) is 11.3 Å². The molecule has 0 spiro atoms. The molecule has 7 atom stereocenters. The molecule has 0 saturated heterocycles. The van der Waals surface area contributed by atoms with Crippen LogP contribution in [0, 0.1) is 28.6 Å². The van der Waals surface area contributed by atoms with Crippen molar-refractivity contribution < 1.29 is 14.6 Å². The first kappa shape index (κ1) is 15.0. The van der Waals surface area contributed by atoms with E-state index in [0.717, 1.165) is 25.7 Å². The Labute approximate surface area is 132 Å². The first-order chi connectivity index (χ1) is 10.4. The quantitative estimate of drug-likeness (QED) is 0.690. The Balaban J connectivity index is 1.74. The fraction of sp³-hybridized carbons (Fsp3) is 0.895. The highest BCUT2D eigenvalue weighted by Gasteiger charge is 2.61. The molecular weight excluding hydrogens is 279 g/mol. The number of aliphatic hydroxyl groups excluding tert-OH is 2. The average molecular weight is 308 g/mol. The smallest absolute Gasteiger partial charge is 0.127 e. The molecule has 0 aliphatic heterocycles. The highest BCUT2D eigenvalue weighted by atomic mass is 19.1. The molecule has 4 rings (SSSR count). The number of fused-ring (bicyclic) bond motifs is 5. The van der Waals surface area contributed by atoms with E-state index in [2.05, 4.69) is 13.8 Å². The van der Waals surface area contributed by atoms with Gasteiger partial charge in [-0.15, -0.1) is 0 Å². The summed E-state index contributed by atoms with van der Waals surface area (Å²) in [7, 11) is 0. The molecule has 3 saturated carbocycles. The molecule has 0 radical (unpaired) electrons. The normalized spacial score (nSPS) is 54.6. The van der Waals surface area contributed by atoms with E-state index >= 15 is 0 Å². The average Bonchev–Trinajstić information content (AvgIpc) is 2.71. The molecule has 4 aliphatic rings. The molecule has 0 heterocycles. The predicted molar refractivity (Wildman–Crippen MR) is 84.2 cm³/mol. The summed E-state index contributed by atoms with van der Waals surface area (Å²) in [6.07, 6.45) is 5.96. The van der Waals surface area contributed by atoms with Gasteiger partial charge in [0.2, 0.25) is 0 Å². The minimum Gasteiger partial charge on any atom is -0.512 e. The summed E-state index contributed by atoms with van der Waals surface area (Å²) in [5, 5.41) is 21.0. The van der Waals surface area contributed by atoms with E-state index in [1.165, 1.54) is 24.8 Å². The van der Waals surface area contributed by atoms with E-state index in [-0.39, 0.29) is 16.7 Å². The number of hydrogen-bond acceptors (Lipinski definition) is 2. The first-order valence-corrected chi connectivity index (χ1v) is 9.11. The third-order valence-corrected chi connectivity index (χ3v) is 8.03. The minimum atomic E-state index is -1.08. The van der Waals surface area contributed by atoms with Crippen molar-refractivity contribution in [2.45, 2.75) is 77.5 Å². The second-order valence-electron chi connectivity index (χ2n) is 8.87. The van der Waals surface area contributed by atoms with Gasteiger partial charge in [-0.05, 0) is 72.7 Å². The zero-order chi connectivity index (χ0) is 15.7. The summed E-state index contributed by atoms with van der Waals surface area (Å²) in [6, 6.07) is 0. The molecule has 2 unspecified atom stereocenters. The van der Waals surface area contributed by atoms with E-state index in [4.69, 9.17) is 0 Å². The van der Waals surface area contributed by atoms with Crippen LogP contribution >= 0.6 is 0 Å². The van der Waals surface area contributed by atoms with Gasteiger partial charge in [-0.25, -0.2) is 4.39 Å². The van der Waals surface area contributed by atoms with Gasteiger partial charge in [0.25, 0.3) is 0 Å². The number of hydrogen-bond donors (Lipinski definition) is 2. The van der Waals surface area contributed by atoms with Crippen molar-refractivity contribution >= 4 is 0 Å². The van der Waals surface area contributed by atoms with Gasteiger partial charge in [0, 0.05) is 6.42 Å². The maximum Gasteiger partial charge on any atom is 0.127 e. The molecule has 0 bridgehead atoms. The number of aliphatic hydroxyl groups is 2. The van der Waals surface area contributed by atoms with Crippen molar-refractivity contribution in [3.63, 3.8) is 0 Å². The highest BCUT2D eigenvalue weighted by molar-refractivity contribution is 5.27. The SMILES string of the molecule is C[C@]12CCCCC1=C(O)C[C@@H]1[C@H]2CC[C@]2(C)C(O)C(F)C[C@@H]12. The van der Waals surface area contributed by atoms with Crippen molar-refractivity contribution in [2.75, 3.05) is 0 Å². The van der Waals surface area contributed by atoms with Gasteiger partial charge in [0.05, 0.1) is 11.9 Å². The van der Waals surface area contributed by atoms with Crippen LogP contribution in [0.2, 0.25) is 0 Å². The van der Waals surface area contributed by atoms with Crippen molar-refractivity contribution in [1.29, 1.82) is 0 Å². The van der Waals surface area contributed by atoms with Crippen LogP contribution in [0.3, 0.4) is 0 Å². The molecule has 2 N–H and O–H groups in total. The van der Waals surface area contributed by atoms with Crippen LogP contribution in [-0.2, 0) is 0 Å². The van der Waals surface area contributed by atoms with E-state index in [9.17, 15) is 14.6 Å². The fourth-order valence-electron chi connectivity index (χ4n) is 6.77. The van der Waals surface area contributed by atoms with E-state index in [1.807, 2.05) is 0 Å². The van der Waals surface area contributed by atoms with Crippen LogP contribution < -0.4 is 0 Å². The van der Waals surface area contributed by atoms with Crippen LogP contribution in [0.1, 0.15) is 65.2 Å². The molecule has 0 amide bonds. The van der Waals surface area contributed by atoms with Crippen LogP contribution in [0.5, 0.6) is 0 Å². The van der Waals surface area contributed by atoms with Crippen LogP contribution in [0.25, 0.3) is 0 Å². The number of rotatable bonds is 0. The van der Waals surface area contributed by atoms with Gasteiger partial charge in [0.1, 0.15) is 6.17 Å². The van der Waals surface area contributed by atoms with Gasteiger partial charge in [-0.2, -0.15) is 0 Å². The summed E-state index contributed by atoms with van der Waals surface area (Å²) in [5.41, 5.74) is 1.13. The van der Waals surface area contributed by atoms with E-state index in [0.29, 0.717) is 24.0 Å². The van der Waals surface area contributed by atoms with Gasteiger partial charge in [-0.3, -0.25) is 0 Å². The summed E-state index contributed by atoms with van der Waals surface area (Å²) in [6.45, 7) is 4.42. The fourth-order valence-corrected chi connectivity index (χ4v) is 6.77. The molecule has 124 valence electrons. The van der Waals surface area contributed by atoms with Gasteiger partial charge in [0.15, 0.2) is 0 Å². The van der Waals surface area contributed by atoms with E-state index in [1.54, 1.807) is 0 Å². The Morgan fingerprint density at radius 1 is 1.14 bits per heavy atom. The van der Waals surface area contributed by atoms with Gasteiger partial charge < -0.3 is 10.2 Å². The Hall–Kier alpha value is -0.570. The van der Waals surface area contributed by atoms with Crippen LogP contribution in [-0.4, -0.2) is 22.5 Å². The number of alkyl halides is 1. The maximum absolute atomic E-state index is 14.2. The molecule has 22 heavy (non-hydrogen) atoms. The molecule has 3 heteroatoms. The second kappa shape index (κ2) is 4.72. The molecule has 4 aliphatic carbocycles. The Bertz CT molecular complexity index is 516. The van der Waals surface area contributed by atoms with Crippen molar-refractivity contribution in [3.8, 4) is 0 Å². The number of halogens is 1. The lowest BCUT2D eigenvalue weighted by Crippen LogP contribution is -2.51. The minimum absolute atomic E-state index is 0.117. The lowest BCUT2D eigenvalue weighted by molar-refractivity contribution is -0.0781. The first-order valence-electron chi connectivity index (χ1n) is 9.11. The van der Waals surface area contributed by atoms with Gasteiger partial charge >= 0.3 is 0 Å². The molecule has 0 aromatic carbocycles. The Kier molecular flexibility index (Phi) is 3.21. The maximum atomic E-state index is 14.2. The summed E-state index contributed by atoms with van der Waals surface area (Å²) in [4.78, 5) is 0. The van der Waals surface area contributed by atoms with Crippen molar-refractivity contribution in [2.24, 2.45) is 28.6 Å². The summed E-state index contributed by atoms with van der Waals surface area (Å²) in [5.74, 6) is 1.73. The molecule has 0 aromatic rings. The predicted octanol–water partition coefficient (Wildman–Crippen LogP) is 4.53. The molecule has 3 fully saturated rings. The molecule has 0 aromatic heterocycles.